The second-order valence-corrected chi connectivity index (χ2v) is 7.24. The lowest BCUT2D eigenvalue weighted by atomic mass is 10.0. The number of nitrogens with two attached hydrogens (primary N) is 1. The lowest BCUT2D eigenvalue weighted by molar-refractivity contribution is -0.137. The van der Waals surface area contributed by atoms with Gasteiger partial charge >= 0.3 is 6.18 Å². The summed E-state index contributed by atoms with van der Waals surface area (Å²) in [6.07, 6.45) is -3.99. The van der Waals surface area contributed by atoms with Gasteiger partial charge in [-0.1, -0.05) is 0 Å². The molecular formula is C20H19F3N4OS. The van der Waals surface area contributed by atoms with Crippen LogP contribution >= 0.6 is 12.2 Å². The van der Waals surface area contributed by atoms with Crippen LogP contribution in [0.5, 0.6) is 0 Å². The number of carbonyl (C=O) groups excluding carboxylic acids is 1. The molecule has 0 heterocycles. The lowest BCUT2D eigenvalue weighted by Gasteiger charge is -2.39. The van der Waals surface area contributed by atoms with E-state index in [0.29, 0.717) is 17.7 Å². The molecule has 0 atom stereocenters. The van der Waals surface area contributed by atoms with Gasteiger partial charge in [-0.2, -0.15) is 18.4 Å². The Morgan fingerprint density at radius 2 is 1.69 bits per heavy atom. The van der Waals surface area contributed by atoms with Crippen LogP contribution in [0.1, 0.15) is 25.0 Å². The molecule has 0 amide bonds. The van der Waals surface area contributed by atoms with Gasteiger partial charge in [-0.3, -0.25) is 0 Å². The fourth-order valence-corrected chi connectivity index (χ4v) is 3.15. The fraction of sp³-hybridized carbons (Fsp3) is 0.250. The van der Waals surface area contributed by atoms with Gasteiger partial charge in [-0.25, -0.2) is 0 Å². The van der Waals surface area contributed by atoms with Gasteiger partial charge in [-0.05, 0) is 68.5 Å². The maximum Gasteiger partial charge on any atom is 0.417 e. The summed E-state index contributed by atoms with van der Waals surface area (Å²) in [6.45, 7) is 3.27. The third kappa shape index (κ3) is 4.66. The second-order valence-electron chi connectivity index (χ2n) is 6.88. The van der Waals surface area contributed by atoms with Crippen LogP contribution in [0.15, 0.2) is 42.5 Å². The molecule has 0 saturated heterocycles. The number of nitriles is 1. The molecule has 0 saturated carbocycles. The zero-order valence-electron chi connectivity index (χ0n) is 16.0. The number of hydrogen-bond donors (Lipinski definition) is 1. The summed E-state index contributed by atoms with van der Waals surface area (Å²) in [7, 11) is 1.50. The second kappa shape index (κ2) is 8.09. The van der Waals surface area contributed by atoms with E-state index in [1.807, 2.05) is 0 Å². The van der Waals surface area contributed by atoms with Gasteiger partial charge < -0.3 is 20.3 Å². The number of anilines is 3. The molecule has 0 unspecified atom stereocenters. The van der Waals surface area contributed by atoms with E-state index in [4.69, 9.17) is 23.2 Å². The van der Waals surface area contributed by atoms with Crippen LogP contribution in [-0.4, -0.2) is 24.0 Å². The van der Waals surface area contributed by atoms with Crippen LogP contribution in [0.3, 0.4) is 0 Å². The largest absolute Gasteiger partial charge is 0.417 e. The summed E-state index contributed by atoms with van der Waals surface area (Å²) in [4.78, 5) is 14.6. The van der Waals surface area contributed by atoms with Gasteiger partial charge in [0.1, 0.15) is 6.29 Å². The number of carbonyl (C=O) groups is 1. The number of nitrogen functional groups attached to an aromatic ring is 1. The predicted octanol–water partition coefficient (Wildman–Crippen LogP) is 4.36. The zero-order chi connectivity index (χ0) is 22.0. The standard InChI is InChI=1S/C20H19F3N4OS/c1-19(2,12-28)27(15-8-5-14(25)6-9-15)18(29)26(3)16-7-4-13(11-24)17(10-16)20(21,22)23/h4-10,12H,25H2,1-3H3. The molecule has 2 N–H and O–H groups in total. The highest BCUT2D eigenvalue weighted by Gasteiger charge is 2.35. The first kappa shape index (κ1) is 22.2. The topological polar surface area (TPSA) is 73.4 Å². The van der Waals surface area contributed by atoms with Crippen LogP contribution in [0, 0.1) is 11.3 Å². The number of benzene rings is 2. The van der Waals surface area contributed by atoms with Gasteiger partial charge in [0.05, 0.1) is 22.7 Å². The lowest BCUT2D eigenvalue weighted by Crippen LogP contribution is -2.54. The molecule has 2 aromatic rings. The third-order valence-corrected chi connectivity index (χ3v) is 4.77. The smallest absolute Gasteiger partial charge is 0.399 e. The van der Waals surface area contributed by atoms with Crippen molar-refractivity contribution in [2.45, 2.75) is 25.6 Å². The van der Waals surface area contributed by atoms with Gasteiger partial charge in [-0.15, -0.1) is 0 Å². The molecule has 152 valence electrons. The average Bonchev–Trinajstić information content (AvgIpc) is 2.67. The van der Waals surface area contributed by atoms with Crippen LogP contribution in [-0.2, 0) is 11.0 Å². The summed E-state index contributed by atoms with van der Waals surface area (Å²) in [5.74, 6) is 0. The van der Waals surface area contributed by atoms with Crippen molar-refractivity contribution in [1.82, 2.24) is 0 Å². The SMILES string of the molecule is CN(C(=S)N(c1ccc(N)cc1)C(C)(C)C=O)c1ccc(C#N)c(C(F)(F)F)c1. The Bertz CT molecular complexity index is 965. The van der Waals surface area contributed by atoms with Crippen LogP contribution in [0.4, 0.5) is 30.2 Å². The van der Waals surface area contributed by atoms with Crippen LogP contribution in [0.25, 0.3) is 0 Å². The molecule has 0 aliphatic heterocycles. The fourth-order valence-electron chi connectivity index (χ4n) is 2.70. The summed E-state index contributed by atoms with van der Waals surface area (Å²) >= 11 is 5.52. The van der Waals surface area contributed by atoms with Gasteiger partial charge in [0.15, 0.2) is 5.11 Å². The molecule has 2 rings (SSSR count). The Balaban J connectivity index is 2.53. The number of nitrogens with zero attached hydrogens (tertiary/aromatic N) is 3. The molecule has 0 aromatic heterocycles. The number of rotatable bonds is 4. The molecule has 0 bridgehead atoms. The zero-order valence-corrected chi connectivity index (χ0v) is 16.8. The molecule has 0 aliphatic rings. The van der Waals surface area contributed by atoms with Crippen molar-refractivity contribution in [1.29, 1.82) is 5.26 Å². The Labute approximate surface area is 172 Å². The van der Waals surface area contributed by atoms with Crippen molar-refractivity contribution in [3.8, 4) is 6.07 Å². The van der Waals surface area contributed by atoms with Crippen molar-refractivity contribution < 1.29 is 18.0 Å². The molecule has 5 nitrogen and oxygen atoms in total. The molecule has 29 heavy (non-hydrogen) atoms. The monoisotopic (exact) mass is 420 g/mol. The summed E-state index contributed by atoms with van der Waals surface area (Å²) in [5.41, 5.74) is 4.29. The minimum Gasteiger partial charge on any atom is -0.399 e. The first-order valence-electron chi connectivity index (χ1n) is 8.43. The highest BCUT2D eigenvalue weighted by molar-refractivity contribution is 7.80. The van der Waals surface area contributed by atoms with Crippen molar-refractivity contribution in [3.63, 3.8) is 0 Å². The van der Waals surface area contributed by atoms with Crippen LogP contribution in [0.2, 0.25) is 0 Å². The van der Waals surface area contributed by atoms with Gasteiger partial charge in [0.2, 0.25) is 0 Å². The van der Waals surface area contributed by atoms with E-state index in [9.17, 15) is 18.0 Å². The minimum absolute atomic E-state index is 0.102. The van der Waals surface area contributed by atoms with E-state index in [1.54, 1.807) is 44.2 Å². The normalized spacial score (nSPS) is 11.5. The van der Waals surface area contributed by atoms with Crippen molar-refractivity contribution >= 4 is 40.7 Å². The molecule has 0 fully saturated rings. The number of aldehydes is 1. The summed E-state index contributed by atoms with van der Waals surface area (Å²) in [5, 5.41) is 9.07. The maximum atomic E-state index is 13.3. The molecule has 2 aromatic carbocycles. The van der Waals surface area contributed by atoms with E-state index in [1.165, 1.54) is 22.9 Å². The Hall–Kier alpha value is -3.12. The molecule has 0 spiro atoms. The highest BCUT2D eigenvalue weighted by atomic mass is 32.1. The number of thiocarbonyl (C=S) groups is 1. The quantitative estimate of drug-likeness (QED) is 0.450. The van der Waals surface area contributed by atoms with E-state index in [2.05, 4.69) is 0 Å². The van der Waals surface area contributed by atoms with Gasteiger partial charge in [0.25, 0.3) is 0 Å². The Morgan fingerprint density at radius 3 is 2.17 bits per heavy atom. The van der Waals surface area contributed by atoms with Crippen molar-refractivity contribution in [2.24, 2.45) is 0 Å². The average molecular weight is 420 g/mol. The third-order valence-electron chi connectivity index (χ3n) is 4.31. The highest BCUT2D eigenvalue weighted by Crippen LogP contribution is 2.35. The minimum atomic E-state index is -4.69. The molecule has 0 radical (unpaired) electrons. The van der Waals surface area contributed by atoms with Crippen molar-refractivity contribution in [2.75, 3.05) is 22.6 Å². The van der Waals surface area contributed by atoms with E-state index < -0.39 is 22.8 Å². The first-order chi connectivity index (χ1) is 13.4. The van der Waals surface area contributed by atoms with E-state index in [0.717, 1.165) is 12.1 Å². The van der Waals surface area contributed by atoms with E-state index >= 15 is 0 Å². The van der Waals surface area contributed by atoms with Gasteiger partial charge in [0, 0.05) is 24.1 Å². The van der Waals surface area contributed by atoms with E-state index in [-0.39, 0.29) is 10.8 Å². The molecule has 9 heteroatoms. The maximum absolute atomic E-state index is 13.3. The Morgan fingerprint density at radius 1 is 1.14 bits per heavy atom. The number of hydrogen-bond acceptors (Lipinski definition) is 4. The number of alkyl halides is 3. The summed E-state index contributed by atoms with van der Waals surface area (Å²) < 4.78 is 39.9. The Kier molecular flexibility index (Phi) is 6.18. The van der Waals surface area contributed by atoms with Crippen LogP contribution < -0.4 is 15.5 Å². The number of halogens is 3. The molecular weight excluding hydrogens is 401 g/mol. The predicted molar refractivity (Wildman–Crippen MR) is 111 cm³/mol. The first-order valence-corrected chi connectivity index (χ1v) is 8.84. The molecule has 0 aliphatic carbocycles. The summed E-state index contributed by atoms with van der Waals surface area (Å²) in [6, 6.07) is 11.5. The van der Waals surface area contributed by atoms with Crippen molar-refractivity contribution in [3.05, 3.63) is 53.6 Å².